The second-order valence-corrected chi connectivity index (χ2v) is 10.5. The molecule has 0 atom stereocenters. The molecule has 0 heterocycles. The third kappa shape index (κ3) is 17.6. The molecule has 8 nitrogen and oxygen atoms in total. The molecule has 0 radical (unpaired) electrons. The molecule has 0 aromatic rings. The molecule has 0 saturated heterocycles. The molecular weight excluding hydrogens is 463 g/mol. The molecule has 9 heteroatoms. The summed E-state index contributed by atoms with van der Waals surface area (Å²) in [5.74, 6) is -6.70. The van der Waals surface area contributed by atoms with Crippen LogP contribution in [0.4, 0.5) is 0 Å². The predicted molar refractivity (Wildman–Crippen MR) is 95.7 cm³/mol. The van der Waals surface area contributed by atoms with Crippen molar-refractivity contribution >= 4 is 56.2 Å². The first kappa shape index (κ1) is 30.2. The fraction of sp³-hybridized carbons (Fsp3) is 0.667. The van der Waals surface area contributed by atoms with Crippen LogP contribution in [0.5, 0.6) is 0 Å². The van der Waals surface area contributed by atoms with Crippen LogP contribution in [0.15, 0.2) is 0 Å². The van der Waals surface area contributed by atoms with Gasteiger partial charge < -0.3 is 19.8 Å². The number of rotatable bonds is 6. The number of hydrogen-bond donors (Lipinski definition) is 0. The van der Waals surface area contributed by atoms with E-state index in [2.05, 4.69) is 9.88 Å². The number of carbonyl (C=O) groups is 6. The predicted octanol–water partition coefficient (Wildman–Crippen LogP) is -0.592. The molecule has 0 fully saturated rings. The summed E-state index contributed by atoms with van der Waals surface area (Å²) < 4.78 is 0. The van der Waals surface area contributed by atoms with Crippen LogP contribution < -0.4 is 10.2 Å². The molecule has 0 aliphatic carbocycles. The molecule has 0 amide bonds. The molecule has 0 spiro atoms. The molecule has 0 aliphatic rings. The second-order valence-electron chi connectivity index (χ2n) is 7.62. The topological polar surface area (TPSA) is 149 Å². The van der Waals surface area contributed by atoms with E-state index < -0.39 is 58.7 Å². The van der Waals surface area contributed by atoms with Crippen LogP contribution in [0, 0.1) is 10.8 Å². The van der Waals surface area contributed by atoms with Gasteiger partial charge in [0.1, 0.15) is 23.5 Å². The van der Waals surface area contributed by atoms with Crippen LogP contribution in [-0.4, -0.2) is 56.2 Å². The zero-order chi connectivity index (χ0) is 22.6. The van der Waals surface area contributed by atoms with Crippen molar-refractivity contribution in [2.75, 3.05) is 0 Å². The second kappa shape index (κ2) is 13.6. The van der Waals surface area contributed by atoms with E-state index in [0.717, 1.165) is 0 Å². The Morgan fingerprint density at radius 1 is 0.630 bits per heavy atom. The van der Waals surface area contributed by atoms with Crippen molar-refractivity contribution in [2.24, 2.45) is 10.8 Å². The summed E-state index contributed by atoms with van der Waals surface area (Å²) in [6.07, 6.45) is -1.16. The molecule has 0 aromatic carbocycles. The number of carboxylic acid groups (broad SMARTS) is 2. The van der Waals surface area contributed by atoms with Crippen LogP contribution in [0.2, 0.25) is 9.88 Å². The van der Waals surface area contributed by atoms with Crippen molar-refractivity contribution in [1.29, 1.82) is 0 Å². The Labute approximate surface area is 170 Å². The van der Waals surface area contributed by atoms with Gasteiger partial charge in [0.2, 0.25) is 0 Å². The zero-order valence-corrected chi connectivity index (χ0v) is 20.0. The summed E-state index contributed by atoms with van der Waals surface area (Å²) in [6.45, 7) is 9.74. The van der Waals surface area contributed by atoms with E-state index in [9.17, 15) is 39.0 Å². The molecule has 0 rings (SSSR count). The van der Waals surface area contributed by atoms with E-state index in [-0.39, 0.29) is 21.1 Å². The quantitative estimate of drug-likeness (QED) is 0.272. The SMILES string of the molecule is CC(C)(C)C(=O)CC(=O)C(=O)[O-].CC(C)(C)C(=O)CC(=O)C(=O)[O-].[CH3][Sn+2][CH3]. The fourth-order valence-corrected chi connectivity index (χ4v) is 0.966. The number of hydrogen-bond acceptors (Lipinski definition) is 8. The summed E-state index contributed by atoms with van der Waals surface area (Å²) in [5.41, 5.74) is -1.35. The number of carbonyl (C=O) groups excluding carboxylic acids is 6. The molecular formula is C18H28O8Sn. The van der Waals surface area contributed by atoms with Crippen molar-refractivity contribution in [3.63, 3.8) is 0 Å². The van der Waals surface area contributed by atoms with E-state index >= 15 is 0 Å². The third-order valence-electron chi connectivity index (χ3n) is 2.77. The third-order valence-corrected chi connectivity index (χ3v) is 2.77. The minimum atomic E-state index is -1.80. The van der Waals surface area contributed by atoms with Gasteiger partial charge in [0, 0.05) is 10.8 Å². The average molecular weight is 491 g/mol. The summed E-state index contributed by atoms with van der Waals surface area (Å²) in [7, 11) is 0. The van der Waals surface area contributed by atoms with E-state index in [0.29, 0.717) is 0 Å². The molecule has 0 saturated carbocycles. The van der Waals surface area contributed by atoms with E-state index in [1.807, 2.05) is 0 Å². The normalized spacial score (nSPS) is 10.1. The maximum atomic E-state index is 11.1. The van der Waals surface area contributed by atoms with Gasteiger partial charge in [0.25, 0.3) is 0 Å². The van der Waals surface area contributed by atoms with Crippen LogP contribution >= 0.6 is 0 Å². The molecule has 0 N–H and O–H groups in total. The molecule has 0 bridgehead atoms. The van der Waals surface area contributed by atoms with Crippen LogP contribution in [0.1, 0.15) is 54.4 Å². The van der Waals surface area contributed by atoms with Gasteiger partial charge in [-0.1, -0.05) is 41.5 Å². The molecule has 27 heavy (non-hydrogen) atoms. The van der Waals surface area contributed by atoms with Crippen molar-refractivity contribution in [1.82, 2.24) is 0 Å². The Morgan fingerprint density at radius 3 is 0.926 bits per heavy atom. The Kier molecular flexibility index (Phi) is 15.2. The van der Waals surface area contributed by atoms with Gasteiger partial charge >= 0.3 is 31.0 Å². The average Bonchev–Trinajstić information content (AvgIpc) is 2.46. The Hall–Kier alpha value is -1.58. The first-order valence-corrected chi connectivity index (χ1v) is 13.8. The van der Waals surface area contributed by atoms with Gasteiger partial charge in [0.05, 0.1) is 12.8 Å². The van der Waals surface area contributed by atoms with Crippen molar-refractivity contribution < 1.29 is 39.0 Å². The Bertz CT molecular complexity index is 515. The maximum absolute atomic E-state index is 11.1. The number of aliphatic carboxylic acids is 2. The van der Waals surface area contributed by atoms with Crippen molar-refractivity contribution in [2.45, 2.75) is 64.3 Å². The minimum absolute atomic E-state index is 0.230. The fourth-order valence-electron chi connectivity index (χ4n) is 0.966. The van der Waals surface area contributed by atoms with E-state index in [1.165, 1.54) is 0 Å². The monoisotopic (exact) mass is 492 g/mol. The first-order chi connectivity index (χ1) is 11.9. The number of Topliss-reactive ketones (excluding diaryl/α,β-unsaturated/α-hetero) is 4. The van der Waals surface area contributed by atoms with Crippen LogP contribution in [0.3, 0.4) is 0 Å². The molecule has 0 aliphatic heterocycles. The van der Waals surface area contributed by atoms with Crippen LogP contribution in [0.25, 0.3) is 0 Å². The molecule has 0 unspecified atom stereocenters. The summed E-state index contributed by atoms with van der Waals surface area (Å²) >= 11 is 0.230. The summed E-state index contributed by atoms with van der Waals surface area (Å²) in [6, 6.07) is 0. The van der Waals surface area contributed by atoms with Gasteiger partial charge in [-0.3, -0.25) is 19.2 Å². The summed E-state index contributed by atoms with van der Waals surface area (Å²) in [5, 5.41) is 19.9. The van der Waals surface area contributed by atoms with Gasteiger partial charge in [-0.15, -0.1) is 0 Å². The van der Waals surface area contributed by atoms with Gasteiger partial charge in [0.15, 0.2) is 11.6 Å². The molecule has 152 valence electrons. The van der Waals surface area contributed by atoms with E-state index in [4.69, 9.17) is 0 Å². The van der Waals surface area contributed by atoms with E-state index in [1.54, 1.807) is 41.5 Å². The number of ketones is 4. The standard InChI is InChI=1S/2C8H12O4.2CH3.Sn/c2*1-8(2,3)6(10)4-5(9)7(11)12;;;/h2*4H2,1-3H3,(H,11,12);2*1H3;/q;;;;+2/p-2. The van der Waals surface area contributed by atoms with Crippen molar-refractivity contribution in [3.8, 4) is 0 Å². The summed E-state index contributed by atoms with van der Waals surface area (Å²) in [4.78, 5) is 67.7. The van der Waals surface area contributed by atoms with Gasteiger partial charge in [-0.05, 0) is 0 Å². The van der Waals surface area contributed by atoms with Gasteiger partial charge in [-0.2, -0.15) is 0 Å². The Morgan fingerprint density at radius 2 is 0.815 bits per heavy atom. The van der Waals surface area contributed by atoms with Gasteiger partial charge in [-0.25, -0.2) is 0 Å². The Balaban J connectivity index is -0.000000372. The van der Waals surface area contributed by atoms with Crippen LogP contribution in [-0.2, 0) is 28.8 Å². The first-order valence-electron chi connectivity index (χ1n) is 8.05. The zero-order valence-electron chi connectivity index (χ0n) is 17.2. The van der Waals surface area contributed by atoms with Crippen molar-refractivity contribution in [3.05, 3.63) is 0 Å². The molecule has 0 aromatic heterocycles. The number of carboxylic acids is 2.